The molecule has 3 rings (SSSR count). The molecule has 2 aromatic heterocycles. The average molecular weight is 273 g/mol. The van der Waals surface area contributed by atoms with E-state index in [2.05, 4.69) is 25.3 Å². The smallest absolute Gasteiger partial charge is 0.237 e. The van der Waals surface area contributed by atoms with Gasteiger partial charge in [-0.05, 0) is 5.56 Å². The maximum atomic E-state index is 5.19. The highest BCUT2D eigenvalue weighted by Gasteiger charge is 2.08. The lowest BCUT2D eigenvalue weighted by molar-refractivity contribution is 0.385. The van der Waals surface area contributed by atoms with E-state index in [1.807, 2.05) is 30.3 Å². The van der Waals surface area contributed by atoms with Crippen LogP contribution in [-0.4, -0.2) is 25.3 Å². The normalized spacial score (nSPS) is 10.7. The molecule has 0 atom stereocenters. The Balaban J connectivity index is 1.60. The minimum Gasteiger partial charge on any atom is -0.338 e. The van der Waals surface area contributed by atoms with Gasteiger partial charge in [-0.15, -0.1) is 0 Å². The van der Waals surface area contributed by atoms with Crippen LogP contribution in [0.3, 0.4) is 0 Å². The van der Waals surface area contributed by atoms with E-state index in [1.165, 1.54) is 18.1 Å². The van der Waals surface area contributed by atoms with Crippen molar-refractivity contribution in [2.75, 3.05) is 0 Å². The van der Waals surface area contributed by atoms with Crippen molar-refractivity contribution in [1.82, 2.24) is 25.3 Å². The lowest BCUT2D eigenvalue weighted by Gasteiger charge is -1.94. The molecule has 0 bridgehead atoms. The van der Waals surface area contributed by atoms with Gasteiger partial charge in [0.25, 0.3) is 0 Å². The molecular weight excluding hydrogens is 262 g/mol. The summed E-state index contributed by atoms with van der Waals surface area (Å²) in [4.78, 5) is 8.36. The van der Waals surface area contributed by atoms with Crippen LogP contribution in [0.5, 0.6) is 0 Å². The number of aromatic amines is 1. The Morgan fingerprint density at radius 2 is 2.11 bits per heavy atom. The zero-order valence-electron chi connectivity index (χ0n) is 9.98. The second kappa shape index (κ2) is 5.66. The molecule has 0 unspecified atom stereocenters. The van der Waals surface area contributed by atoms with Gasteiger partial charge in [0.2, 0.25) is 5.89 Å². The van der Waals surface area contributed by atoms with Crippen molar-refractivity contribution in [3.8, 4) is 0 Å². The van der Waals surface area contributed by atoms with Crippen LogP contribution in [0.15, 0.2) is 46.3 Å². The molecule has 96 valence electrons. The van der Waals surface area contributed by atoms with Crippen LogP contribution in [0, 0.1) is 0 Å². The molecule has 7 heteroatoms. The first kappa shape index (κ1) is 11.9. The average Bonchev–Trinajstić information content (AvgIpc) is 3.09. The second-order valence-corrected chi connectivity index (χ2v) is 4.81. The van der Waals surface area contributed by atoms with Gasteiger partial charge in [-0.25, -0.2) is 4.98 Å². The molecule has 0 amide bonds. The van der Waals surface area contributed by atoms with E-state index in [-0.39, 0.29) is 0 Å². The zero-order chi connectivity index (χ0) is 12.9. The second-order valence-electron chi connectivity index (χ2n) is 3.85. The lowest BCUT2D eigenvalue weighted by Crippen LogP contribution is -1.90. The Morgan fingerprint density at radius 1 is 1.21 bits per heavy atom. The number of benzene rings is 1. The topological polar surface area (TPSA) is 80.5 Å². The van der Waals surface area contributed by atoms with Gasteiger partial charge in [0.05, 0.1) is 5.75 Å². The molecule has 0 fully saturated rings. The van der Waals surface area contributed by atoms with E-state index < -0.39 is 0 Å². The molecule has 0 saturated carbocycles. The molecular formula is C12H11N5OS. The molecule has 1 aromatic carbocycles. The van der Waals surface area contributed by atoms with Crippen molar-refractivity contribution in [3.05, 3.63) is 53.9 Å². The van der Waals surface area contributed by atoms with Crippen LogP contribution in [0.2, 0.25) is 0 Å². The standard InChI is InChI=1S/C12H11N5OS/c1-2-4-9(5-3-1)6-10-15-11(18-17-10)7-19-12-13-8-14-16-12/h1-5,8H,6-7H2,(H,13,14,16). The van der Waals surface area contributed by atoms with Crippen LogP contribution in [-0.2, 0) is 12.2 Å². The van der Waals surface area contributed by atoms with Crippen LogP contribution < -0.4 is 0 Å². The Labute approximate surface area is 113 Å². The Kier molecular flexibility index (Phi) is 3.55. The minimum absolute atomic E-state index is 0.580. The van der Waals surface area contributed by atoms with Gasteiger partial charge in [-0.3, -0.25) is 5.10 Å². The van der Waals surface area contributed by atoms with Gasteiger partial charge in [0.15, 0.2) is 11.0 Å². The maximum absolute atomic E-state index is 5.19. The monoisotopic (exact) mass is 273 g/mol. The van der Waals surface area contributed by atoms with Crippen LogP contribution >= 0.6 is 11.8 Å². The number of hydrogen-bond donors (Lipinski definition) is 1. The summed E-state index contributed by atoms with van der Waals surface area (Å²) >= 11 is 1.47. The molecule has 2 heterocycles. The lowest BCUT2D eigenvalue weighted by atomic mass is 10.1. The SMILES string of the molecule is c1ccc(Cc2noc(CSc3ncn[nH]3)n2)cc1. The van der Waals surface area contributed by atoms with Crippen molar-refractivity contribution in [1.29, 1.82) is 0 Å². The third kappa shape index (κ3) is 3.19. The third-order valence-electron chi connectivity index (χ3n) is 2.44. The fourth-order valence-electron chi connectivity index (χ4n) is 1.59. The minimum atomic E-state index is 0.580. The van der Waals surface area contributed by atoms with Crippen molar-refractivity contribution in [2.24, 2.45) is 0 Å². The third-order valence-corrected chi connectivity index (χ3v) is 3.30. The Bertz CT molecular complexity index is 623. The summed E-state index contributed by atoms with van der Waals surface area (Å²) in [6.07, 6.45) is 2.15. The highest BCUT2D eigenvalue weighted by Crippen LogP contribution is 2.17. The summed E-state index contributed by atoms with van der Waals surface area (Å²) in [5, 5.41) is 11.2. The van der Waals surface area contributed by atoms with E-state index in [1.54, 1.807) is 0 Å². The molecule has 6 nitrogen and oxygen atoms in total. The molecule has 0 aliphatic rings. The number of thioether (sulfide) groups is 1. The summed E-state index contributed by atoms with van der Waals surface area (Å²) in [5.41, 5.74) is 1.16. The van der Waals surface area contributed by atoms with E-state index in [4.69, 9.17) is 4.52 Å². The predicted octanol–water partition coefficient (Wildman–Crippen LogP) is 2.07. The fraction of sp³-hybridized carbons (Fsp3) is 0.167. The zero-order valence-corrected chi connectivity index (χ0v) is 10.8. The summed E-state index contributed by atoms with van der Waals surface area (Å²) in [6, 6.07) is 10.1. The van der Waals surface area contributed by atoms with E-state index in [0.717, 1.165) is 10.7 Å². The molecule has 3 aromatic rings. The molecule has 19 heavy (non-hydrogen) atoms. The predicted molar refractivity (Wildman–Crippen MR) is 69.5 cm³/mol. The first-order valence-electron chi connectivity index (χ1n) is 5.74. The number of hydrogen-bond acceptors (Lipinski definition) is 6. The van der Waals surface area contributed by atoms with Crippen LogP contribution in [0.1, 0.15) is 17.3 Å². The summed E-state index contributed by atoms with van der Waals surface area (Å²) in [5.74, 6) is 1.86. The highest BCUT2D eigenvalue weighted by atomic mass is 32.2. The first-order valence-corrected chi connectivity index (χ1v) is 6.72. The molecule has 0 aliphatic carbocycles. The van der Waals surface area contributed by atoms with Crippen molar-refractivity contribution in [2.45, 2.75) is 17.3 Å². The van der Waals surface area contributed by atoms with Crippen LogP contribution in [0.25, 0.3) is 0 Å². The summed E-state index contributed by atoms with van der Waals surface area (Å²) in [6.45, 7) is 0. The Hall–Kier alpha value is -2.15. The molecule has 0 radical (unpaired) electrons. The molecule has 0 spiro atoms. The first-order chi connectivity index (χ1) is 9.40. The number of aromatic nitrogens is 5. The van der Waals surface area contributed by atoms with E-state index >= 15 is 0 Å². The van der Waals surface area contributed by atoms with Gasteiger partial charge in [0, 0.05) is 6.42 Å². The largest absolute Gasteiger partial charge is 0.338 e. The van der Waals surface area contributed by atoms with Gasteiger partial charge in [-0.2, -0.15) is 10.1 Å². The van der Waals surface area contributed by atoms with Gasteiger partial charge >= 0.3 is 0 Å². The molecule has 1 N–H and O–H groups in total. The number of nitrogens with one attached hydrogen (secondary N) is 1. The highest BCUT2D eigenvalue weighted by molar-refractivity contribution is 7.98. The maximum Gasteiger partial charge on any atom is 0.237 e. The fourth-order valence-corrected chi connectivity index (χ4v) is 2.21. The molecule has 0 aliphatic heterocycles. The molecule has 0 saturated heterocycles. The number of H-pyrrole nitrogens is 1. The van der Waals surface area contributed by atoms with Gasteiger partial charge < -0.3 is 4.52 Å². The number of rotatable bonds is 5. The van der Waals surface area contributed by atoms with Gasteiger partial charge in [-0.1, -0.05) is 47.3 Å². The van der Waals surface area contributed by atoms with Crippen molar-refractivity contribution >= 4 is 11.8 Å². The Morgan fingerprint density at radius 3 is 2.89 bits per heavy atom. The summed E-state index contributed by atoms with van der Waals surface area (Å²) < 4.78 is 5.19. The van der Waals surface area contributed by atoms with E-state index in [9.17, 15) is 0 Å². The van der Waals surface area contributed by atoms with Gasteiger partial charge in [0.1, 0.15) is 6.33 Å². The van der Waals surface area contributed by atoms with E-state index in [0.29, 0.717) is 23.9 Å². The summed E-state index contributed by atoms with van der Waals surface area (Å²) in [7, 11) is 0. The van der Waals surface area contributed by atoms with Crippen molar-refractivity contribution in [3.63, 3.8) is 0 Å². The van der Waals surface area contributed by atoms with Crippen LogP contribution in [0.4, 0.5) is 0 Å². The quantitative estimate of drug-likeness (QED) is 0.717. The number of nitrogens with zero attached hydrogens (tertiary/aromatic N) is 4. The van der Waals surface area contributed by atoms with Crippen molar-refractivity contribution < 1.29 is 4.52 Å².